The summed E-state index contributed by atoms with van der Waals surface area (Å²) in [5.41, 5.74) is 6.80. The van der Waals surface area contributed by atoms with Crippen molar-refractivity contribution in [1.82, 2.24) is 15.1 Å². The van der Waals surface area contributed by atoms with Crippen LogP contribution in [0.4, 0.5) is 10.1 Å². The molecule has 9 heteroatoms. The zero-order valence-electron chi connectivity index (χ0n) is 21.2. The van der Waals surface area contributed by atoms with Crippen LogP contribution in [0.25, 0.3) is 0 Å². The van der Waals surface area contributed by atoms with Crippen LogP contribution < -0.4 is 16.4 Å². The van der Waals surface area contributed by atoms with E-state index in [1.165, 1.54) is 12.1 Å². The number of benzene rings is 1. The molecule has 1 aliphatic carbocycles. The van der Waals surface area contributed by atoms with Gasteiger partial charge in [-0.05, 0) is 43.5 Å². The van der Waals surface area contributed by atoms with Gasteiger partial charge >= 0.3 is 0 Å². The van der Waals surface area contributed by atoms with Crippen molar-refractivity contribution in [2.24, 2.45) is 11.7 Å². The fraction of sp³-hybridized carbons (Fsp3) is 0.654. The van der Waals surface area contributed by atoms with E-state index in [2.05, 4.69) is 15.5 Å². The third-order valence-electron chi connectivity index (χ3n) is 7.46. The Morgan fingerprint density at radius 2 is 1.77 bits per heavy atom. The molecule has 2 fully saturated rings. The third-order valence-corrected chi connectivity index (χ3v) is 7.46. The van der Waals surface area contributed by atoms with Crippen molar-refractivity contribution in [3.05, 3.63) is 29.6 Å². The number of hydrogen-bond acceptors (Lipinski definition) is 5. The van der Waals surface area contributed by atoms with Gasteiger partial charge in [-0.2, -0.15) is 0 Å². The number of carbonyl (C=O) groups excluding carboxylic acids is 3. The number of rotatable bonds is 8. The molecule has 4 N–H and O–H groups in total. The third kappa shape index (κ3) is 7.01. The van der Waals surface area contributed by atoms with Gasteiger partial charge in [-0.3, -0.25) is 14.4 Å². The van der Waals surface area contributed by atoms with E-state index >= 15 is 4.39 Å². The molecule has 0 bridgehead atoms. The fourth-order valence-electron chi connectivity index (χ4n) is 4.93. The van der Waals surface area contributed by atoms with Gasteiger partial charge in [0.1, 0.15) is 11.9 Å². The van der Waals surface area contributed by atoms with Crippen LogP contribution in [0.2, 0.25) is 0 Å². The summed E-state index contributed by atoms with van der Waals surface area (Å²) in [6.45, 7) is 6.23. The molecule has 1 aromatic rings. The number of halogens is 1. The molecule has 35 heavy (non-hydrogen) atoms. The average Bonchev–Trinajstić information content (AvgIpc) is 2.87. The molecule has 1 heterocycles. The summed E-state index contributed by atoms with van der Waals surface area (Å²) < 4.78 is 15.0. The van der Waals surface area contributed by atoms with Crippen molar-refractivity contribution in [3.8, 4) is 0 Å². The van der Waals surface area contributed by atoms with Crippen LogP contribution in [0.15, 0.2) is 18.2 Å². The molecule has 1 saturated carbocycles. The number of likely N-dealkylation sites (N-methyl/N-ethyl adjacent to an activating group) is 1. The fourth-order valence-corrected chi connectivity index (χ4v) is 4.93. The van der Waals surface area contributed by atoms with E-state index in [4.69, 9.17) is 5.73 Å². The minimum Gasteiger partial charge on any atom is -0.344 e. The Morgan fingerprint density at radius 1 is 1.11 bits per heavy atom. The lowest BCUT2D eigenvalue weighted by molar-refractivity contribution is -0.138. The van der Waals surface area contributed by atoms with Gasteiger partial charge in [-0.15, -0.1) is 0 Å². The van der Waals surface area contributed by atoms with Crippen molar-refractivity contribution in [2.45, 2.75) is 70.4 Å². The highest BCUT2D eigenvalue weighted by Crippen LogP contribution is 2.28. The van der Waals surface area contributed by atoms with E-state index in [9.17, 15) is 14.4 Å². The predicted octanol–water partition coefficient (Wildman–Crippen LogP) is 2.44. The molecule has 1 aromatic carbocycles. The molecule has 1 aliphatic heterocycles. The number of nitrogens with two attached hydrogens (primary N) is 1. The van der Waals surface area contributed by atoms with Gasteiger partial charge in [0.15, 0.2) is 0 Å². The highest BCUT2D eigenvalue weighted by molar-refractivity contribution is 5.95. The maximum absolute atomic E-state index is 15.0. The number of nitrogens with zero attached hydrogens (tertiary/aromatic N) is 2. The van der Waals surface area contributed by atoms with Crippen molar-refractivity contribution in [2.75, 3.05) is 38.5 Å². The summed E-state index contributed by atoms with van der Waals surface area (Å²) in [4.78, 5) is 42.1. The lowest BCUT2D eigenvalue weighted by Crippen LogP contribution is -2.55. The number of amides is 3. The van der Waals surface area contributed by atoms with Crippen LogP contribution in [-0.4, -0.2) is 72.8 Å². The van der Waals surface area contributed by atoms with Crippen LogP contribution in [-0.2, 0) is 14.4 Å². The highest BCUT2D eigenvalue weighted by atomic mass is 19.1. The summed E-state index contributed by atoms with van der Waals surface area (Å²) in [6, 6.07) is 3.06. The molecule has 1 saturated heterocycles. The molecule has 0 radical (unpaired) electrons. The zero-order valence-corrected chi connectivity index (χ0v) is 21.2. The van der Waals surface area contributed by atoms with Crippen LogP contribution in [0.3, 0.4) is 0 Å². The maximum atomic E-state index is 15.0. The topological polar surface area (TPSA) is 108 Å². The van der Waals surface area contributed by atoms with Gasteiger partial charge in [-0.25, -0.2) is 4.39 Å². The molecule has 194 valence electrons. The lowest BCUT2D eigenvalue weighted by atomic mass is 9.84. The van der Waals surface area contributed by atoms with Crippen molar-refractivity contribution < 1.29 is 18.8 Å². The number of anilines is 1. The molecule has 3 rings (SSSR count). The van der Waals surface area contributed by atoms with Gasteiger partial charge < -0.3 is 26.2 Å². The Kier molecular flexibility index (Phi) is 9.63. The van der Waals surface area contributed by atoms with Crippen molar-refractivity contribution in [1.29, 1.82) is 0 Å². The molecular formula is C26H40FN5O3. The molecular weight excluding hydrogens is 449 g/mol. The average molecular weight is 490 g/mol. The number of nitrogens with one attached hydrogen (secondary N) is 2. The molecule has 0 aromatic heterocycles. The normalized spacial score (nSPS) is 20.1. The van der Waals surface area contributed by atoms with E-state index in [1.807, 2.05) is 7.05 Å². The Morgan fingerprint density at radius 3 is 2.37 bits per heavy atom. The first-order chi connectivity index (χ1) is 16.7. The largest absolute Gasteiger partial charge is 0.344 e. The Labute approximate surface area is 207 Å². The molecule has 0 spiro atoms. The standard InChI is InChI=1S/C26H40FN5O3/c1-4-22(33)30-24(26(35)32-14-12-31(3)13-15-32)17(2)19-10-11-21(20(27)16-19)29-25(34)23(28)18-8-6-5-7-9-18/h10-11,16-18,23-24H,4-9,12-15,28H2,1-3H3,(H,29,34)(H,30,33). The molecule has 8 nitrogen and oxygen atoms in total. The Balaban J connectivity index is 1.72. The van der Waals surface area contributed by atoms with Gasteiger partial charge in [0.05, 0.1) is 11.7 Å². The second-order valence-corrected chi connectivity index (χ2v) is 9.97. The van der Waals surface area contributed by atoms with E-state index < -0.39 is 23.8 Å². The molecule has 3 unspecified atom stereocenters. The minimum atomic E-state index is -0.801. The SMILES string of the molecule is CCC(=O)NC(C(=O)N1CCN(C)CC1)C(C)c1ccc(NC(=O)C(N)C2CCCCC2)c(F)c1. The predicted molar refractivity (Wildman–Crippen MR) is 134 cm³/mol. The van der Waals surface area contributed by atoms with Gasteiger partial charge in [0.2, 0.25) is 17.7 Å². The Bertz CT molecular complexity index is 897. The number of hydrogen-bond donors (Lipinski definition) is 3. The van der Waals surface area contributed by atoms with Crippen LogP contribution >= 0.6 is 0 Å². The number of piperazine rings is 1. The number of carbonyl (C=O) groups is 3. The summed E-state index contributed by atoms with van der Waals surface area (Å²) in [5, 5.41) is 5.47. The second-order valence-electron chi connectivity index (χ2n) is 9.97. The van der Waals surface area contributed by atoms with Gasteiger partial charge in [-0.1, -0.05) is 39.2 Å². The van der Waals surface area contributed by atoms with Crippen molar-refractivity contribution in [3.63, 3.8) is 0 Å². The van der Waals surface area contributed by atoms with Gasteiger partial charge in [0, 0.05) is 38.5 Å². The summed E-state index contributed by atoms with van der Waals surface area (Å²) in [6.07, 6.45) is 5.37. The second kappa shape index (κ2) is 12.4. The summed E-state index contributed by atoms with van der Waals surface area (Å²) in [5.74, 6) is -1.70. The lowest BCUT2D eigenvalue weighted by Gasteiger charge is -2.36. The quantitative estimate of drug-likeness (QED) is 0.520. The molecule has 3 amide bonds. The molecule has 3 atom stereocenters. The summed E-state index contributed by atoms with van der Waals surface area (Å²) in [7, 11) is 2.01. The Hall–Kier alpha value is -2.52. The van der Waals surface area contributed by atoms with Crippen LogP contribution in [0, 0.1) is 11.7 Å². The maximum Gasteiger partial charge on any atom is 0.245 e. The molecule has 2 aliphatic rings. The monoisotopic (exact) mass is 489 g/mol. The minimum absolute atomic E-state index is 0.0664. The van der Waals surface area contributed by atoms with Crippen molar-refractivity contribution >= 4 is 23.4 Å². The van der Waals surface area contributed by atoms with Crippen LogP contribution in [0.5, 0.6) is 0 Å². The van der Waals surface area contributed by atoms with E-state index in [1.54, 1.807) is 24.8 Å². The smallest absolute Gasteiger partial charge is 0.245 e. The van der Waals surface area contributed by atoms with E-state index in [0.29, 0.717) is 18.7 Å². The van der Waals surface area contributed by atoms with Crippen LogP contribution in [0.1, 0.15) is 63.9 Å². The van der Waals surface area contributed by atoms with E-state index in [-0.39, 0.29) is 35.7 Å². The first-order valence-corrected chi connectivity index (χ1v) is 12.8. The first kappa shape index (κ1) is 27.1. The zero-order chi connectivity index (χ0) is 25.5. The van der Waals surface area contributed by atoms with E-state index in [0.717, 1.165) is 45.2 Å². The summed E-state index contributed by atoms with van der Waals surface area (Å²) >= 11 is 0. The highest BCUT2D eigenvalue weighted by Gasteiger charge is 2.33. The first-order valence-electron chi connectivity index (χ1n) is 12.8. The van der Waals surface area contributed by atoms with Gasteiger partial charge in [0.25, 0.3) is 0 Å².